The van der Waals surface area contributed by atoms with Crippen molar-refractivity contribution in [1.82, 2.24) is 24.5 Å². The van der Waals surface area contributed by atoms with Crippen LogP contribution in [0.15, 0.2) is 41.9 Å². The summed E-state index contributed by atoms with van der Waals surface area (Å²) in [5, 5.41) is 18.9. The van der Waals surface area contributed by atoms with Gasteiger partial charge in [-0.15, -0.1) is 11.3 Å². The Labute approximate surface area is 307 Å². The van der Waals surface area contributed by atoms with Gasteiger partial charge in [0.2, 0.25) is 10.0 Å². The van der Waals surface area contributed by atoms with Crippen LogP contribution in [0.3, 0.4) is 0 Å². The number of unbranched alkanes of at least 4 members (excludes halogenated alkanes) is 2. The number of benzene rings is 1. The number of aliphatic carboxylic acids is 1. The third-order valence-corrected chi connectivity index (χ3v) is 12.1. The van der Waals surface area contributed by atoms with Gasteiger partial charge in [0.25, 0.3) is 11.8 Å². The molecule has 2 aliphatic rings. The van der Waals surface area contributed by atoms with E-state index in [9.17, 15) is 22.8 Å². The van der Waals surface area contributed by atoms with E-state index in [4.69, 9.17) is 10.1 Å². The number of fused-ring (bicyclic) bond motifs is 1. The van der Waals surface area contributed by atoms with E-state index in [-0.39, 0.29) is 30.2 Å². The molecule has 3 N–H and O–H groups in total. The summed E-state index contributed by atoms with van der Waals surface area (Å²) in [5.74, 6) is -1.36. The normalized spacial score (nSPS) is 14.9. The number of carboxylic acids is 1. The molecule has 0 atom stereocenters. The molecule has 0 saturated heterocycles. The van der Waals surface area contributed by atoms with Crippen molar-refractivity contribution in [3.63, 3.8) is 0 Å². The van der Waals surface area contributed by atoms with E-state index in [0.29, 0.717) is 65.9 Å². The SMILES string of the molecule is Cc1csc(NC(=O)c2cccc3c2CN(c2ccc(-c4cnn(CC5CCCCC5)c4C)c(C(=O)NS(=O)(=O)CCCCCC(=O)O)n2)CC3)n1. The molecular weight excluding hydrogens is 703 g/mol. The molecule has 13 nitrogen and oxygen atoms in total. The summed E-state index contributed by atoms with van der Waals surface area (Å²) in [6, 6.07) is 9.28. The molecule has 52 heavy (non-hydrogen) atoms. The van der Waals surface area contributed by atoms with Gasteiger partial charge in [0.15, 0.2) is 5.13 Å². The highest BCUT2D eigenvalue weighted by atomic mass is 32.2. The first kappa shape index (κ1) is 37.1. The summed E-state index contributed by atoms with van der Waals surface area (Å²) >= 11 is 1.36. The van der Waals surface area contributed by atoms with Gasteiger partial charge in [-0.3, -0.25) is 24.4 Å². The van der Waals surface area contributed by atoms with Crippen molar-refractivity contribution in [2.24, 2.45) is 5.92 Å². The van der Waals surface area contributed by atoms with Gasteiger partial charge in [-0.05, 0) is 81.2 Å². The Bertz CT molecular complexity index is 2050. The minimum Gasteiger partial charge on any atom is -0.481 e. The highest BCUT2D eigenvalue weighted by Gasteiger charge is 2.28. The molecular formula is C37H45N7O6S2. The van der Waals surface area contributed by atoms with E-state index in [1.54, 1.807) is 18.3 Å². The molecule has 1 aliphatic heterocycles. The third kappa shape index (κ3) is 9.05. The lowest BCUT2D eigenvalue weighted by atomic mass is 9.89. The van der Waals surface area contributed by atoms with Crippen LogP contribution in [0.4, 0.5) is 10.9 Å². The second-order valence-electron chi connectivity index (χ2n) is 13.7. The zero-order chi connectivity index (χ0) is 36.8. The molecule has 0 radical (unpaired) electrons. The van der Waals surface area contributed by atoms with Crippen LogP contribution in [0, 0.1) is 19.8 Å². The Balaban J connectivity index is 1.28. The van der Waals surface area contributed by atoms with Crippen molar-refractivity contribution in [3.05, 3.63) is 75.7 Å². The molecule has 0 spiro atoms. The first-order valence-electron chi connectivity index (χ1n) is 17.9. The monoisotopic (exact) mass is 747 g/mol. The maximum absolute atomic E-state index is 13.9. The van der Waals surface area contributed by atoms with Crippen LogP contribution >= 0.6 is 11.3 Å². The number of nitrogens with zero attached hydrogens (tertiary/aromatic N) is 5. The average Bonchev–Trinajstić information content (AvgIpc) is 3.70. The van der Waals surface area contributed by atoms with Crippen molar-refractivity contribution in [1.29, 1.82) is 0 Å². The van der Waals surface area contributed by atoms with Gasteiger partial charge in [0.1, 0.15) is 11.5 Å². The number of carbonyl (C=O) groups is 3. The highest BCUT2D eigenvalue weighted by molar-refractivity contribution is 7.90. The Morgan fingerprint density at radius 2 is 1.79 bits per heavy atom. The molecule has 276 valence electrons. The minimum absolute atomic E-state index is 0.0387. The van der Waals surface area contributed by atoms with Gasteiger partial charge in [-0.2, -0.15) is 5.10 Å². The molecule has 1 aliphatic carbocycles. The number of carboxylic acid groups (broad SMARTS) is 1. The zero-order valence-electron chi connectivity index (χ0n) is 29.6. The Morgan fingerprint density at radius 3 is 2.54 bits per heavy atom. The maximum atomic E-state index is 13.9. The Morgan fingerprint density at radius 1 is 0.981 bits per heavy atom. The van der Waals surface area contributed by atoms with Crippen LogP contribution in [-0.4, -0.2) is 63.4 Å². The largest absolute Gasteiger partial charge is 0.481 e. The van der Waals surface area contributed by atoms with Crippen LogP contribution in [0.2, 0.25) is 0 Å². The number of thiazole rings is 1. The van der Waals surface area contributed by atoms with Crippen molar-refractivity contribution in [2.75, 3.05) is 22.5 Å². The maximum Gasteiger partial charge on any atom is 0.303 e. The van der Waals surface area contributed by atoms with Crippen LogP contribution < -0.4 is 14.9 Å². The number of pyridine rings is 1. The number of aromatic nitrogens is 4. The molecule has 1 aromatic carbocycles. The van der Waals surface area contributed by atoms with Gasteiger partial charge in [-0.25, -0.2) is 23.1 Å². The molecule has 1 saturated carbocycles. The summed E-state index contributed by atoms with van der Waals surface area (Å²) in [4.78, 5) is 49.3. The molecule has 4 heterocycles. The molecule has 6 rings (SSSR count). The van der Waals surface area contributed by atoms with Gasteiger partial charge in [0, 0.05) is 53.8 Å². The fraction of sp³-hybridized carbons (Fsp3) is 0.459. The number of hydrogen-bond acceptors (Lipinski definition) is 10. The van der Waals surface area contributed by atoms with Crippen molar-refractivity contribution < 1.29 is 27.9 Å². The Kier molecular flexibility index (Phi) is 11.7. The van der Waals surface area contributed by atoms with Crippen LogP contribution in [0.1, 0.15) is 101 Å². The van der Waals surface area contributed by atoms with Crippen molar-refractivity contribution in [2.45, 2.75) is 91.1 Å². The third-order valence-electron chi connectivity index (χ3n) is 9.88. The highest BCUT2D eigenvalue weighted by Crippen LogP contribution is 2.33. The standard InChI is InChI=1S/C37H45N7O6S2/c1-24-23-51-37(39-24)41-35(47)29-13-9-12-27-17-18-43(22-31(27)29)32-16-15-28(30-20-38-44(25(30)2)21-26-10-5-3-6-11-26)34(40-32)36(48)42-52(49,50)19-8-4-7-14-33(45)46/h9,12-13,15-16,20,23,26H,3-8,10-11,14,17-19,21-22H2,1-2H3,(H,42,48)(H,45,46)(H,39,41,47). The lowest BCUT2D eigenvalue weighted by Crippen LogP contribution is -2.35. The van der Waals surface area contributed by atoms with Gasteiger partial charge in [-0.1, -0.05) is 37.8 Å². The smallest absolute Gasteiger partial charge is 0.303 e. The lowest BCUT2D eigenvalue weighted by Gasteiger charge is -2.31. The lowest BCUT2D eigenvalue weighted by molar-refractivity contribution is -0.137. The van der Waals surface area contributed by atoms with Crippen molar-refractivity contribution >= 4 is 50.1 Å². The van der Waals surface area contributed by atoms with Gasteiger partial charge < -0.3 is 10.0 Å². The predicted molar refractivity (Wildman–Crippen MR) is 200 cm³/mol. The summed E-state index contributed by atoms with van der Waals surface area (Å²) in [6.45, 7) is 5.53. The van der Waals surface area contributed by atoms with E-state index in [2.05, 4.69) is 20.1 Å². The van der Waals surface area contributed by atoms with E-state index < -0.39 is 21.9 Å². The van der Waals surface area contributed by atoms with Crippen molar-refractivity contribution in [3.8, 4) is 11.1 Å². The topological polar surface area (TPSA) is 176 Å². The molecule has 15 heteroatoms. The van der Waals surface area contributed by atoms with E-state index in [1.807, 2.05) is 47.0 Å². The number of anilines is 2. The second-order valence-corrected chi connectivity index (χ2v) is 16.4. The van der Waals surface area contributed by atoms with Gasteiger partial charge in [0.05, 0.1) is 17.6 Å². The summed E-state index contributed by atoms with van der Waals surface area (Å²) in [6.07, 6.45) is 9.26. The summed E-state index contributed by atoms with van der Waals surface area (Å²) < 4.78 is 30.3. The Hall–Kier alpha value is -4.63. The molecule has 0 bridgehead atoms. The number of sulfonamides is 1. The summed E-state index contributed by atoms with van der Waals surface area (Å²) in [5.41, 5.74) is 5.25. The molecule has 0 unspecified atom stereocenters. The first-order chi connectivity index (χ1) is 25.0. The number of amides is 2. The van der Waals surface area contributed by atoms with E-state index >= 15 is 0 Å². The molecule has 4 aromatic rings. The number of carbonyl (C=O) groups excluding carboxylic acids is 2. The number of nitrogens with one attached hydrogen (secondary N) is 2. The first-order valence-corrected chi connectivity index (χ1v) is 20.4. The quantitative estimate of drug-likeness (QED) is 0.127. The van der Waals surface area contributed by atoms with Crippen LogP contribution in [0.25, 0.3) is 11.1 Å². The van der Waals surface area contributed by atoms with E-state index in [1.165, 1.54) is 30.6 Å². The minimum atomic E-state index is -4.04. The van der Waals surface area contributed by atoms with E-state index in [0.717, 1.165) is 41.9 Å². The summed E-state index contributed by atoms with van der Waals surface area (Å²) in [7, 11) is -4.04. The van der Waals surface area contributed by atoms with Gasteiger partial charge >= 0.3 is 5.97 Å². The van der Waals surface area contributed by atoms with Crippen LogP contribution in [-0.2, 0) is 34.3 Å². The number of rotatable bonds is 14. The molecule has 2 amide bonds. The predicted octanol–water partition coefficient (Wildman–Crippen LogP) is 6.12. The number of aryl methyl sites for hydroxylation is 1. The molecule has 1 fully saturated rings. The fourth-order valence-electron chi connectivity index (χ4n) is 7.08. The van der Waals surface area contributed by atoms with Crippen LogP contribution in [0.5, 0.6) is 0 Å². The number of hydrogen-bond donors (Lipinski definition) is 3. The zero-order valence-corrected chi connectivity index (χ0v) is 31.2. The molecule has 3 aromatic heterocycles. The fourth-order valence-corrected chi connectivity index (χ4v) is 8.82. The average molecular weight is 748 g/mol. The second kappa shape index (κ2) is 16.4.